The first-order chi connectivity index (χ1) is 7.20. The van der Waals surface area contributed by atoms with Crippen LogP contribution in [0.5, 0.6) is 0 Å². The van der Waals surface area contributed by atoms with Crippen molar-refractivity contribution in [2.24, 2.45) is 0 Å². The Morgan fingerprint density at radius 3 is 2.87 bits per heavy atom. The molecule has 0 radical (unpaired) electrons. The van der Waals surface area contributed by atoms with E-state index in [0.717, 1.165) is 0 Å². The molecule has 2 aromatic heterocycles. The van der Waals surface area contributed by atoms with Crippen molar-refractivity contribution in [1.82, 2.24) is 14.5 Å². The maximum Gasteiger partial charge on any atom is 0.337 e. The molecule has 0 aliphatic heterocycles. The molecular formula is C9H6ClN3O2. The van der Waals surface area contributed by atoms with E-state index >= 15 is 0 Å². The maximum atomic E-state index is 10.8. The number of pyridine rings is 1. The third-order valence-electron chi connectivity index (χ3n) is 1.85. The van der Waals surface area contributed by atoms with Crippen LogP contribution in [0.2, 0.25) is 5.02 Å². The van der Waals surface area contributed by atoms with Crippen molar-refractivity contribution in [3.63, 3.8) is 0 Å². The van der Waals surface area contributed by atoms with Crippen LogP contribution >= 0.6 is 11.6 Å². The Hall–Kier alpha value is -1.88. The van der Waals surface area contributed by atoms with Crippen molar-refractivity contribution in [3.8, 4) is 5.82 Å². The summed E-state index contributed by atoms with van der Waals surface area (Å²) < 4.78 is 1.55. The predicted octanol–water partition coefficient (Wildman–Crippen LogP) is 1.62. The van der Waals surface area contributed by atoms with Gasteiger partial charge in [-0.05, 0) is 6.07 Å². The molecule has 0 aliphatic rings. The lowest BCUT2D eigenvalue weighted by molar-refractivity contribution is 0.0697. The number of aromatic carboxylic acids is 1. The van der Waals surface area contributed by atoms with Crippen molar-refractivity contribution in [3.05, 3.63) is 41.6 Å². The quantitative estimate of drug-likeness (QED) is 0.840. The molecule has 0 unspecified atom stereocenters. The van der Waals surface area contributed by atoms with Crippen LogP contribution in [0, 0.1) is 0 Å². The van der Waals surface area contributed by atoms with Gasteiger partial charge in [0.15, 0.2) is 5.82 Å². The molecule has 2 aromatic rings. The minimum atomic E-state index is -1.08. The highest BCUT2D eigenvalue weighted by Gasteiger charge is 2.13. The molecule has 6 heteroatoms. The van der Waals surface area contributed by atoms with Crippen molar-refractivity contribution in [2.45, 2.75) is 0 Å². The van der Waals surface area contributed by atoms with Gasteiger partial charge in [0.2, 0.25) is 0 Å². The van der Waals surface area contributed by atoms with Crippen LogP contribution in [0.15, 0.2) is 31.0 Å². The normalized spacial score (nSPS) is 10.2. The third kappa shape index (κ3) is 1.69. The van der Waals surface area contributed by atoms with Crippen LogP contribution in [-0.4, -0.2) is 25.6 Å². The monoisotopic (exact) mass is 223 g/mol. The lowest BCUT2D eigenvalue weighted by Gasteiger charge is -2.05. The minimum absolute atomic E-state index is 0.0235. The van der Waals surface area contributed by atoms with E-state index in [0.29, 0.717) is 5.82 Å². The molecular weight excluding hydrogens is 218 g/mol. The van der Waals surface area contributed by atoms with Gasteiger partial charge < -0.3 is 5.11 Å². The molecule has 0 amide bonds. The highest BCUT2D eigenvalue weighted by molar-refractivity contribution is 6.35. The van der Waals surface area contributed by atoms with E-state index in [1.165, 1.54) is 18.6 Å². The Bertz CT molecular complexity index is 496. The Labute approximate surface area is 90.0 Å². The molecule has 5 nitrogen and oxygen atoms in total. The van der Waals surface area contributed by atoms with Gasteiger partial charge in [0.25, 0.3) is 0 Å². The number of nitrogens with zero attached hydrogens (tertiary/aromatic N) is 3. The summed E-state index contributed by atoms with van der Waals surface area (Å²) in [6.07, 6.45) is 6.09. The molecule has 76 valence electrons. The van der Waals surface area contributed by atoms with E-state index < -0.39 is 5.97 Å². The first-order valence-electron chi connectivity index (χ1n) is 4.06. The molecule has 0 bridgehead atoms. The number of hydrogen-bond donors (Lipinski definition) is 1. The van der Waals surface area contributed by atoms with Crippen LogP contribution in [0.1, 0.15) is 10.4 Å². The number of carboxylic acid groups (broad SMARTS) is 1. The molecule has 2 rings (SSSR count). The maximum absolute atomic E-state index is 10.8. The fourth-order valence-electron chi connectivity index (χ4n) is 1.16. The second-order valence-corrected chi connectivity index (χ2v) is 3.15. The third-order valence-corrected chi connectivity index (χ3v) is 2.22. The number of rotatable bonds is 2. The van der Waals surface area contributed by atoms with Crippen molar-refractivity contribution >= 4 is 17.6 Å². The van der Waals surface area contributed by atoms with Gasteiger partial charge in [-0.1, -0.05) is 11.6 Å². The lowest BCUT2D eigenvalue weighted by atomic mass is 10.2. The number of aromatic nitrogens is 3. The zero-order valence-corrected chi connectivity index (χ0v) is 8.22. The van der Waals surface area contributed by atoms with E-state index in [2.05, 4.69) is 9.97 Å². The number of imidazole rings is 1. The second kappa shape index (κ2) is 3.70. The van der Waals surface area contributed by atoms with Crippen molar-refractivity contribution in [1.29, 1.82) is 0 Å². The first kappa shape index (κ1) is 9.67. The van der Waals surface area contributed by atoms with Crippen LogP contribution < -0.4 is 0 Å². The minimum Gasteiger partial charge on any atom is -0.478 e. The average molecular weight is 224 g/mol. The zero-order valence-electron chi connectivity index (χ0n) is 7.46. The largest absolute Gasteiger partial charge is 0.478 e. The SMILES string of the molecule is O=C(O)c1ccnc(-n2ccnc2)c1Cl. The van der Waals surface area contributed by atoms with E-state index in [-0.39, 0.29) is 10.6 Å². The summed E-state index contributed by atoms with van der Waals surface area (Å²) in [5.74, 6) is -0.724. The highest BCUT2D eigenvalue weighted by Crippen LogP contribution is 2.22. The van der Waals surface area contributed by atoms with E-state index in [9.17, 15) is 4.79 Å². The number of carbonyl (C=O) groups is 1. The van der Waals surface area contributed by atoms with Gasteiger partial charge in [-0.25, -0.2) is 14.8 Å². The first-order valence-corrected chi connectivity index (χ1v) is 4.44. The Balaban J connectivity index is 2.59. The molecule has 15 heavy (non-hydrogen) atoms. The standard InChI is InChI=1S/C9H6ClN3O2/c10-7-6(9(14)15)1-2-12-8(7)13-4-3-11-5-13/h1-5H,(H,14,15). The molecule has 0 aromatic carbocycles. The number of halogens is 1. The fourth-order valence-corrected chi connectivity index (χ4v) is 1.45. The van der Waals surface area contributed by atoms with Crippen LogP contribution in [-0.2, 0) is 0 Å². The summed E-state index contributed by atoms with van der Waals surface area (Å²) in [6, 6.07) is 1.35. The van der Waals surface area contributed by atoms with Gasteiger partial charge in [-0.2, -0.15) is 0 Å². The van der Waals surface area contributed by atoms with Gasteiger partial charge in [-0.3, -0.25) is 4.57 Å². The molecule has 0 saturated carbocycles. The zero-order chi connectivity index (χ0) is 10.8. The van der Waals surface area contributed by atoms with Crippen molar-refractivity contribution < 1.29 is 9.90 Å². The number of carboxylic acids is 1. The van der Waals surface area contributed by atoms with E-state index in [1.807, 2.05) is 0 Å². The van der Waals surface area contributed by atoms with E-state index in [1.54, 1.807) is 17.0 Å². The Morgan fingerprint density at radius 1 is 1.47 bits per heavy atom. The van der Waals surface area contributed by atoms with Gasteiger partial charge >= 0.3 is 5.97 Å². The Morgan fingerprint density at radius 2 is 2.27 bits per heavy atom. The smallest absolute Gasteiger partial charge is 0.337 e. The van der Waals surface area contributed by atoms with Crippen LogP contribution in [0.25, 0.3) is 5.82 Å². The van der Waals surface area contributed by atoms with Gasteiger partial charge in [-0.15, -0.1) is 0 Å². The molecule has 0 spiro atoms. The summed E-state index contributed by atoms with van der Waals surface area (Å²) >= 11 is 5.90. The van der Waals surface area contributed by atoms with Crippen LogP contribution in [0.4, 0.5) is 0 Å². The summed E-state index contributed by atoms with van der Waals surface area (Å²) in [5.41, 5.74) is 0.0235. The van der Waals surface area contributed by atoms with Gasteiger partial charge in [0, 0.05) is 18.6 Å². The molecule has 2 heterocycles. The highest BCUT2D eigenvalue weighted by atomic mass is 35.5. The van der Waals surface area contributed by atoms with Gasteiger partial charge in [0.1, 0.15) is 6.33 Å². The van der Waals surface area contributed by atoms with Crippen LogP contribution in [0.3, 0.4) is 0 Å². The average Bonchev–Trinajstić information content (AvgIpc) is 2.70. The Kier molecular flexibility index (Phi) is 2.39. The topological polar surface area (TPSA) is 68.0 Å². The second-order valence-electron chi connectivity index (χ2n) is 2.77. The summed E-state index contributed by atoms with van der Waals surface area (Å²) in [5, 5.41) is 8.95. The molecule has 1 N–H and O–H groups in total. The predicted molar refractivity (Wildman–Crippen MR) is 53.3 cm³/mol. The molecule has 0 atom stereocenters. The molecule has 0 fully saturated rings. The van der Waals surface area contributed by atoms with E-state index in [4.69, 9.17) is 16.7 Å². The summed E-state index contributed by atoms with van der Waals surface area (Å²) in [6.45, 7) is 0. The van der Waals surface area contributed by atoms with Gasteiger partial charge in [0.05, 0.1) is 10.6 Å². The number of hydrogen-bond acceptors (Lipinski definition) is 3. The summed E-state index contributed by atoms with van der Waals surface area (Å²) in [4.78, 5) is 18.6. The summed E-state index contributed by atoms with van der Waals surface area (Å²) in [7, 11) is 0. The lowest BCUT2D eigenvalue weighted by Crippen LogP contribution is -2.03. The fraction of sp³-hybridized carbons (Fsp3) is 0. The van der Waals surface area contributed by atoms with Crippen molar-refractivity contribution in [2.75, 3.05) is 0 Å². The molecule has 0 saturated heterocycles. The molecule has 0 aliphatic carbocycles.